The Bertz CT molecular complexity index is 577. The average Bonchev–Trinajstić information content (AvgIpc) is 2.56. The minimum atomic E-state index is -4.81. The van der Waals surface area contributed by atoms with Crippen molar-refractivity contribution in [2.24, 2.45) is 17.8 Å². The summed E-state index contributed by atoms with van der Waals surface area (Å²) in [6.45, 7) is 3.11. The number of Topliss-reactive ketones (excluding diaryl/α,β-unsaturated/α-hetero) is 1. The number of hydrogen-bond donors (Lipinski definition) is 0. The van der Waals surface area contributed by atoms with Crippen LogP contribution in [-0.2, 0) is 14.3 Å². The van der Waals surface area contributed by atoms with Crippen LogP contribution in [0.15, 0.2) is 11.3 Å². The van der Waals surface area contributed by atoms with Gasteiger partial charge in [-0.05, 0) is 38.5 Å². The Labute approximate surface area is 145 Å². The van der Waals surface area contributed by atoms with E-state index in [0.29, 0.717) is 44.7 Å². The van der Waals surface area contributed by atoms with Crippen molar-refractivity contribution in [3.8, 4) is 0 Å². The van der Waals surface area contributed by atoms with Gasteiger partial charge in [0, 0.05) is 30.3 Å². The van der Waals surface area contributed by atoms with Crippen LogP contribution in [0.4, 0.5) is 13.2 Å². The molecule has 0 bridgehead atoms. The molecule has 2 aliphatic carbocycles. The summed E-state index contributed by atoms with van der Waals surface area (Å²) < 4.78 is 44.1. The Morgan fingerprint density at radius 1 is 1.08 bits per heavy atom. The number of likely N-dealkylation sites (tertiary alicyclic amines) is 1. The van der Waals surface area contributed by atoms with E-state index in [2.05, 4.69) is 0 Å². The zero-order valence-corrected chi connectivity index (χ0v) is 14.4. The van der Waals surface area contributed by atoms with E-state index in [0.717, 1.165) is 19.3 Å². The smallest absolute Gasteiger partial charge is 0.454 e. The van der Waals surface area contributed by atoms with Gasteiger partial charge in [-0.3, -0.25) is 9.59 Å². The summed E-state index contributed by atoms with van der Waals surface area (Å²) in [6.07, 6.45) is -0.283. The molecule has 0 spiro atoms. The van der Waals surface area contributed by atoms with Gasteiger partial charge in [-0.2, -0.15) is 13.2 Å². The quantitative estimate of drug-likeness (QED) is 0.721. The molecule has 1 heterocycles. The summed E-state index contributed by atoms with van der Waals surface area (Å²) in [7, 11) is 0. The summed E-state index contributed by atoms with van der Waals surface area (Å²) in [6, 6.07) is 0. The Morgan fingerprint density at radius 3 is 2.24 bits per heavy atom. The van der Waals surface area contributed by atoms with Crippen molar-refractivity contribution in [1.29, 1.82) is 0 Å². The van der Waals surface area contributed by atoms with Gasteiger partial charge in [-0.1, -0.05) is 12.8 Å². The second kappa shape index (κ2) is 7.00. The van der Waals surface area contributed by atoms with Gasteiger partial charge >= 0.3 is 12.1 Å². The average molecular weight is 359 g/mol. The van der Waals surface area contributed by atoms with Crippen LogP contribution in [0.2, 0.25) is 0 Å². The van der Waals surface area contributed by atoms with E-state index in [-0.39, 0.29) is 29.3 Å². The SMILES string of the molecule is CCOC(=O)C1CCN(C2=C(C(=O)C(F)(F)F)C3CCCCC23)CC1. The lowest BCUT2D eigenvalue weighted by molar-refractivity contribution is -0.168. The van der Waals surface area contributed by atoms with Gasteiger partial charge in [0.25, 0.3) is 5.78 Å². The number of hydrogen-bond acceptors (Lipinski definition) is 4. The highest BCUT2D eigenvalue weighted by atomic mass is 19.4. The third-order valence-corrected chi connectivity index (χ3v) is 5.72. The Hall–Kier alpha value is -1.53. The predicted octanol–water partition coefficient (Wildman–Crippen LogP) is 3.47. The van der Waals surface area contributed by atoms with Gasteiger partial charge in [0.2, 0.25) is 0 Å². The highest BCUT2D eigenvalue weighted by molar-refractivity contribution is 6.02. The van der Waals surface area contributed by atoms with Crippen LogP contribution in [-0.4, -0.2) is 42.5 Å². The molecule has 0 aromatic carbocycles. The molecule has 3 aliphatic rings. The van der Waals surface area contributed by atoms with E-state index < -0.39 is 12.0 Å². The summed E-state index contributed by atoms with van der Waals surface area (Å²) in [5.74, 6) is -2.25. The Kier molecular flexibility index (Phi) is 5.11. The molecule has 4 nitrogen and oxygen atoms in total. The third kappa shape index (κ3) is 3.42. The molecule has 0 N–H and O–H groups in total. The van der Waals surface area contributed by atoms with Crippen molar-refractivity contribution >= 4 is 11.8 Å². The first-order valence-corrected chi connectivity index (χ1v) is 9.11. The topological polar surface area (TPSA) is 46.6 Å². The standard InChI is InChI=1S/C18H24F3NO3/c1-2-25-17(24)11-7-9-22(10-8-11)15-13-6-4-3-5-12(13)14(15)16(23)18(19,20)21/h11-13H,2-10H2,1H3. The first-order chi connectivity index (χ1) is 11.8. The Morgan fingerprint density at radius 2 is 1.68 bits per heavy atom. The van der Waals surface area contributed by atoms with Gasteiger partial charge in [-0.15, -0.1) is 0 Å². The molecule has 2 fully saturated rings. The predicted molar refractivity (Wildman–Crippen MR) is 84.5 cm³/mol. The van der Waals surface area contributed by atoms with Crippen molar-refractivity contribution in [2.45, 2.75) is 51.6 Å². The third-order valence-electron chi connectivity index (χ3n) is 5.72. The number of halogens is 3. The van der Waals surface area contributed by atoms with E-state index >= 15 is 0 Å². The molecule has 140 valence electrons. The molecule has 2 unspecified atom stereocenters. The molecule has 1 saturated carbocycles. The summed E-state index contributed by atoms with van der Waals surface area (Å²) in [5, 5.41) is 0. The van der Waals surface area contributed by atoms with Crippen LogP contribution >= 0.6 is 0 Å². The molecule has 0 amide bonds. The Balaban J connectivity index is 1.77. The molecule has 0 aromatic rings. The first kappa shape index (κ1) is 18.3. The fourth-order valence-corrected chi connectivity index (χ4v) is 4.56. The van der Waals surface area contributed by atoms with Gasteiger partial charge in [-0.25, -0.2) is 0 Å². The molecule has 25 heavy (non-hydrogen) atoms. The monoisotopic (exact) mass is 359 g/mol. The number of carbonyl (C=O) groups is 2. The number of nitrogens with zero attached hydrogens (tertiary/aromatic N) is 1. The lowest BCUT2D eigenvalue weighted by Gasteiger charge is -2.50. The lowest BCUT2D eigenvalue weighted by atomic mass is 9.62. The van der Waals surface area contributed by atoms with E-state index in [1.54, 1.807) is 6.92 Å². The van der Waals surface area contributed by atoms with Gasteiger partial charge in [0.1, 0.15) is 0 Å². The van der Waals surface area contributed by atoms with Crippen LogP contribution in [0.1, 0.15) is 45.4 Å². The molecule has 0 radical (unpaired) electrons. The van der Waals surface area contributed by atoms with E-state index in [9.17, 15) is 22.8 Å². The summed E-state index contributed by atoms with van der Waals surface area (Å²) >= 11 is 0. The zero-order valence-electron chi connectivity index (χ0n) is 14.4. The van der Waals surface area contributed by atoms with Crippen molar-refractivity contribution in [1.82, 2.24) is 4.90 Å². The second-order valence-corrected chi connectivity index (χ2v) is 7.14. The highest BCUT2D eigenvalue weighted by Crippen LogP contribution is 2.53. The number of ketones is 1. The molecule has 7 heteroatoms. The van der Waals surface area contributed by atoms with Gasteiger partial charge < -0.3 is 9.64 Å². The molecule has 0 aromatic heterocycles. The maximum absolute atomic E-state index is 13.0. The minimum Gasteiger partial charge on any atom is -0.466 e. The largest absolute Gasteiger partial charge is 0.466 e. The van der Waals surface area contributed by atoms with E-state index in [1.807, 2.05) is 4.90 Å². The van der Waals surface area contributed by atoms with Crippen LogP contribution in [0.5, 0.6) is 0 Å². The van der Waals surface area contributed by atoms with Crippen LogP contribution in [0.3, 0.4) is 0 Å². The number of allylic oxidation sites excluding steroid dienone is 2. The molecule has 1 saturated heterocycles. The molecule has 1 aliphatic heterocycles. The lowest BCUT2D eigenvalue weighted by Crippen LogP contribution is -2.49. The van der Waals surface area contributed by atoms with Crippen molar-refractivity contribution < 1.29 is 27.5 Å². The fraction of sp³-hybridized carbons (Fsp3) is 0.778. The molecule has 2 atom stereocenters. The normalized spacial score (nSPS) is 27.6. The van der Waals surface area contributed by atoms with Crippen LogP contribution < -0.4 is 0 Å². The van der Waals surface area contributed by atoms with Crippen molar-refractivity contribution in [3.63, 3.8) is 0 Å². The van der Waals surface area contributed by atoms with Crippen LogP contribution in [0, 0.1) is 17.8 Å². The second-order valence-electron chi connectivity index (χ2n) is 7.14. The van der Waals surface area contributed by atoms with Gasteiger partial charge in [0.05, 0.1) is 12.5 Å². The molecular weight excluding hydrogens is 335 g/mol. The fourth-order valence-electron chi connectivity index (χ4n) is 4.56. The van der Waals surface area contributed by atoms with E-state index in [4.69, 9.17) is 4.74 Å². The molecular formula is C18H24F3NO3. The number of carbonyl (C=O) groups excluding carboxylic acids is 2. The van der Waals surface area contributed by atoms with Crippen molar-refractivity contribution in [2.75, 3.05) is 19.7 Å². The maximum atomic E-state index is 13.0. The number of fused-ring (bicyclic) bond motifs is 1. The number of ether oxygens (including phenoxy) is 1. The number of alkyl halides is 3. The molecule has 3 rings (SSSR count). The summed E-state index contributed by atoms with van der Waals surface area (Å²) in [4.78, 5) is 25.7. The van der Waals surface area contributed by atoms with Crippen LogP contribution in [0.25, 0.3) is 0 Å². The number of rotatable bonds is 4. The summed E-state index contributed by atoms with van der Waals surface area (Å²) in [5.41, 5.74) is 0.598. The maximum Gasteiger partial charge on any atom is 0.454 e. The number of piperidine rings is 1. The van der Waals surface area contributed by atoms with E-state index in [1.165, 1.54) is 0 Å². The highest BCUT2D eigenvalue weighted by Gasteiger charge is 2.53. The number of esters is 1. The minimum absolute atomic E-state index is 0.00761. The van der Waals surface area contributed by atoms with Gasteiger partial charge in [0.15, 0.2) is 0 Å². The van der Waals surface area contributed by atoms with Crippen molar-refractivity contribution in [3.05, 3.63) is 11.3 Å². The zero-order chi connectivity index (χ0) is 18.2. The first-order valence-electron chi connectivity index (χ1n) is 9.11.